The number of carbonyl (C=O) groups excluding carboxylic acids is 1. The second-order valence-electron chi connectivity index (χ2n) is 3.67. The average Bonchev–Trinajstić information content (AvgIpc) is 2.70. The van der Waals surface area contributed by atoms with Crippen molar-refractivity contribution in [1.82, 2.24) is 10.3 Å². The third-order valence-corrected chi connectivity index (χ3v) is 3.74. The molecule has 0 unspecified atom stereocenters. The van der Waals surface area contributed by atoms with E-state index in [1.54, 1.807) is 11.3 Å². The number of hydrogen-bond donors (Lipinski definition) is 2. The topological polar surface area (TPSA) is 63.2 Å². The van der Waals surface area contributed by atoms with Gasteiger partial charge in [-0.25, -0.2) is 9.78 Å². The van der Waals surface area contributed by atoms with Gasteiger partial charge in [0.15, 0.2) is 10.2 Å². The van der Waals surface area contributed by atoms with E-state index in [0.29, 0.717) is 0 Å². The van der Waals surface area contributed by atoms with Gasteiger partial charge in [0.1, 0.15) is 0 Å². The van der Waals surface area contributed by atoms with Crippen LogP contribution in [0.15, 0.2) is 0 Å². The van der Waals surface area contributed by atoms with Crippen LogP contribution in [0.2, 0.25) is 0 Å². The summed E-state index contributed by atoms with van der Waals surface area (Å²) in [7, 11) is 1.29. The molecule has 1 heterocycles. The van der Waals surface area contributed by atoms with Gasteiger partial charge in [0, 0.05) is 4.88 Å². The smallest absolute Gasteiger partial charge is 0.413 e. The Bertz CT molecular complexity index is 421. The Morgan fingerprint density at radius 1 is 1.47 bits per heavy atom. The fourth-order valence-corrected chi connectivity index (χ4v) is 2.98. The molecule has 2 rings (SSSR count). The van der Waals surface area contributed by atoms with Crippen molar-refractivity contribution >= 4 is 39.9 Å². The highest BCUT2D eigenvalue weighted by molar-refractivity contribution is 7.80. The van der Waals surface area contributed by atoms with Crippen molar-refractivity contribution < 1.29 is 9.53 Å². The zero-order valence-corrected chi connectivity index (χ0v) is 11.0. The van der Waals surface area contributed by atoms with Crippen LogP contribution >= 0.6 is 23.6 Å². The number of carbonyl (C=O) groups is 1. The lowest BCUT2D eigenvalue weighted by molar-refractivity contribution is 0.177. The van der Waals surface area contributed by atoms with Crippen molar-refractivity contribution in [3.05, 3.63) is 10.6 Å². The summed E-state index contributed by atoms with van der Waals surface area (Å²) >= 11 is 6.56. The summed E-state index contributed by atoms with van der Waals surface area (Å²) in [6.45, 7) is 0. The lowest BCUT2D eigenvalue weighted by Crippen LogP contribution is -2.33. The van der Waals surface area contributed by atoms with Gasteiger partial charge in [-0.3, -0.25) is 5.32 Å². The molecule has 1 aliphatic carbocycles. The summed E-state index contributed by atoms with van der Waals surface area (Å²) in [5, 5.41) is 6.22. The molecule has 7 heteroatoms. The van der Waals surface area contributed by atoms with E-state index in [1.807, 2.05) is 0 Å². The number of alkyl carbamates (subject to hydrolysis) is 1. The molecule has 0 spiro atoms. The highest BCUT2D eigenvalue weighted by Crippen LogP contribution is 2.29. The first-order valence-electron chi connectivity index (χ1n) is 5.33. The van der Waals surface area contributed by atoms with Crippen LogP contribution in [-0.2, 0) is 17.6 Å². The molecule has 92 valence electrons. The summed E-state index contributed by atoms with van der Waals surface area (Å²) < 4.78 is 4.45. The molecule has 1 aromatic heterocycles. The molecule has 1 aromatic rings. The minimum atomic E-state index is -0.580. The molecule has 0 radical (unpaired) electrons. The van der Waals surface area contributed by atoms with Gasteiger partial charge in [-0.2, -0.15) is 0 Å². The number of aromatic nitrogens is 1. The van der Waals surface area contributed by atoms with Gasteiger partial charge in [-0.15, -0.1) is 11.3 Å². The molecule has 0 atom stereocenters. The monoisotopic (exact) mass is 271 g/mol. The maximum atomic E-state index is 10.9. The number of hydrogen-bond acceptors (Lipinski definition) is 5. The van der Waals surface area contributed by atoms with Gasteiger partial charge in [0.05, 0.1) is 12.8 Å². The minimum Gasteiger partial charge on any atom is -0.453 e. The predicted molar refractivity (Wildman–Crippen MR) is 70.5 cm³/mol. The first kappa shape index (κ1) is 12.3. The number of thiocarbonyl (C=S) groups is 1. The lowest BCUT2D eigenvalue weighted by atomic mass is 10.0. The third-order valence-electron chi connectivity index (χ3n) is 2.47. The Labute approximate surface area is 109 Å². The van der Waals surface area contributed by atoms with E-state index in [9.17, 15) is 4.79 Å². The third kappa shape index (κ3) is 3.13. The summed E-state index contributed by atoms with van der Waals surface area (Å²) in [5.41, 5.74) is 1.16. The minimum absolute atomic E-state index is 0.211. The second-order valence-corrected chi connectivity index (χ2v) is 5.16. The van der Waals surface area contributed by atoms with Gasteiger partial charge >= 0.3 is 6.09 Å². The maximum absolute atomic E-state index is 10.9. The Morgan fingerprint density at radius 3 is 2.94 bits per heavy atom. The maximum Gasteiger partial charge on any atom is 0.413 e. The van der Waals surface area contributed by atoms with Crippen LogP contribution in [0, 0.1) is 0 Å². The fourth-order valence-electron chi connectivity index (χ4n) is 1.68. The highest BCUT2D eigenvalue weighted by atomic mass is 32.1. The molecular formula is C10H13N3O2S2. The summed E-state index contributed by atoms with van der Waals surface area (Å²) in [4.78, 5) is 16.7. The number of ether oxygens (including phenoxy) is 1. The van der Waals surface area contributed by atoms with E-state index in [2.05, 4.69) is 20.4 Å². The van der Waals surface area contributed by atoms with Crippen LogP contribution in [0.3, 0.4) is 0 Å². The molecule has 5 nitrogen and oxygen atoms in total. The van der Waals surface area contributed by atoms with Crippen molar-refractivity contribution in [2.24, 2.45) is 0 Å². The lowest BCUT2D eigenvalue weighted by Gasteiger charge is -2.06. The number of anilines is 1. The van der Waals surface area contributed by atoms with Crippen molar-refractivity contribution in [2.45, 2.75) is 25.7 Å². The SMILES string of the molecule is COC(=O)NC(=S)Nc1nc2c(s1)CCCC2. The zero-order chi connectivity index (χ0) is 12.3. The second kappa shape index (κ2) is 5.42. The van der Waals surface area contributed by atoms with Gasteiger partial charge in [-0.05, 0) is 37.9 Å². The number of amides is 1. The van der Waals surface area contributed by atoms with Crippen LogP contribution in [0.1, 0.15) is 23.4 Å². The molecule has 0 saturated heterocycles. The number of aryl methyl sites for hydroxylation is 2. The number of thiazole rings is 1. The van der Waals surface area contributed by atoms with E-state index < -0.39 is 6.09 Å². The highest BCUT2D eigenvalue weighted by Gasteiger charge is 2.15. The first-order valence-corrected chi connectivity index (χ1v) is 6.56. The molecule has 1 amide bonds. The quantitative estimate of drug-likeness (QED) is 0.766. The molecule has 1 aliphatic rings. The number of nitrogens with zero attached hydrogens (tertiary/aromatic N) is 1. The van der Waals surface area contributed by atoms with E-state index in [4.69, 9.17) is 12.2 Å². The van der Waals surface area contributed by atoms with Crippen LogP contribution in [0.5, 0.6) is 0 Å². The molecule has 0 bridgehead atoms. The predicted octanol–water partition coefficient (Wildman–Crippen LogP) is 2.07. The normalized spacial score (nSPS) is 13.7. The standard InChI is InChI=1S/C10H13N3O2S2/c1-15-10(14)13-8(16)12-9-11-6-4-2-3-5-7(6)17-9/h2-5H2,1H3,(H2,11,12,13,14,16). The van der Waals surface area contributed by atoms with Gasteiger partial charge in [0.25, 0.3) is 0 Å². The number of rotatable bonds is 1. The molecule has 17 heavy (non-hydrogen) atoms. The Morgan fingerprint density at radius 2 is 2.24 bits per heavy atom. The van der Waals surface area contributed by atoms with Gasteiger partial charge in [0.2, 0.25) is 0 Å². The van der Waals surface area contributed by atoms with Gasteiger partial charge < -0.3 is 10.1 Å². The van der Waals surface area contributed by atoms with Crippen molar-refractivity contribution in [3.8, 4) is 0 Å². The zero-order valence-electron chi connectivity index (χ0n) is 9.41. The fraction of sp³-hybridized carbons (Fsp3) is 0.500. The number of methoxy groups -OCH3 is 1. The largest absolute Gasteiger partial charge is 0.453 e. The van der Waals surface area contributed by atoms with Gasteiger partial charge in [-0.1, -0.05) is 0 Å². The molecule has 0 saturated carbocycles. The average molecular weight is 271 g/mol. The Hall–Kier alpha value is -1.21. The summed E-state index contributed by atoms with van der Waals surface area (Å²) in [5.74, 6) is 0. The number of nitrogens with one attached hydrogen (secondary N) is 2. The van der Waals surface area contributed by atoms with Crippen LogP contribution in [0.4, 0.5) is 9.93 Å². The summed E-state index contributed by atoms with van der Waals surface area (Å²) in [6, 6.07) is 0. The van der Waals surface area contributed by atoms with E-state index in [0.717, 1.165) is 23.7 Å². The molecule has 0 fully saturated rings. The Balaban J connectivity index is 1.96. The van der Waals surface area contributed by atoms with Crippen LogP contribution < -0.4 is 10.6 Å². The molecule has 2 N–H and O–H groups in total. The number of fused-ring (bicyclic) bond motifs is 1. The molecular weight excluding hydrogens is 258 g/mol. The van der Waals surface area contributed by atoms with Crippen molar-refractivity contribution in [1.29, 1.82) is 0 Å². The van der Waals surface area contributed by atoms with Crippen molar-refractivity contribution in [3.63, 3.8) is 0 Å². The summed E-state index contributed by atoms with van der Waals surface area (Å²) in [6.07, 6.45) is 3.96. The van der Waals surface area contributed by atoms with Crippen LogP contribution in [0.25, 0.3) is 0 Å². The van der Waals surface area contributed by atoms with E-state index in [-0.39, 0.29) is 5.11 Å². The molecule has 0 aromatic carbocycles. The van der Waals surface area contributed by atoms with E-state index in [1.165, 1.54) is 24.8 Å². The Kier molecular flexibility index (Phi) is 3.90. The first-order chi connectivity index (χ1) is 8.19. The van der Waals surface area contributed by atoms with Crippen LogP contribution in [-0.4, -0.2) is 23.3 Å². The molecule has 0 aliphatic heterocycles. The van der Waals surface area contributed by atoms with E-state index >= 15 is 0 Å². The van der Waals surface area contributed by atoms with Crippen molar-refractivity contribution in [2.75, 3.05) is 12.4 Å².